The minimum atomic E-state index is -0.592. The van der Waals surface area contributed by atoms with Crippen molar-refractivity contribution < 1.29 is 19.4 Å². The molecule has 6 nitrogen and oxygen atoms in total. The largest absolute Gasteiger partial charge is 0.389 e. The molecule has 0 aromatic rings. The molecule has 20 heavy (non-hydrogen) atoms. The van der Waals surface area contributed by atoms with Crippen LogP contribution in [-0.4, -0.2) is 61.7 Å². The molecular weight excluding hydrogens is 260 g/mol. The molecule has 2 fully saturated rings. The highest BCUT2D eigenvalue weighted by Gasteiger charge is 2.38. The van der Waals surface area contributed by atoms with Gasteiger partial charge in [-0.1, -0.05) is 20.8 Å². The number of nitrogens with one attached hydrogen (secondary N) is 2. The van der Waals surface area contributed by atoms with Gasteiger partial charge in [0.2, 0.25) is 5.91 Å². The van der Waals surface area contributed by atoms with Crippen molar-refractivity contribution in [3.63, 3.8) is 0 Å². The normalized spacial score (nSPS) is 31.1. The molecule has 2 heterocycles. The number of carbonyl (C=O) groups is 1. The smallest absolute Gasteiger partial charge is 0.220 e. The molecule has 1 amide bonds. The third kappa shape index (κ3) is 4.41. The second-order valence-corrected chi connectivity index (χ2v) is 6.91. The van der Waals surface area contributed by atoms with Crippen molar-refractivity contribution in [2.75, 3.05) is 26.4 Å². The lowest BCUT2D eigenvalue weighted by molar-refractivity contribution is -0.123. The second-order valence-electron chi connectivity index (χ2n) is 6.91. The van der Waals surface area contributed by atoms with E-state index < -0.39 is 6.10 Å². The van der Waals surface area contributed by atoms with Gasteiger partial charge in [-0.25, -0.2) is 0 Å². The highest BCUT2D eigenvalue weighted by atomic mass is 16.5. The van der Waals surface area contributed by atoms with Crippen LogP contribution in [0.3, 0.4) is 0 Å². The first-order valence-corrected chi connectivity index (χ1v) is 7.25. The molecule has 2 aliphatic rings. The Morgan fingerprint density at radius 3 is 2.55 bits per heavy atom. The van der Waals surface area contributed by atoms with Crippen molar-refractivity contribution in [1.29, 1.82) is 0 Å². The maximum absolute atomic E-state index is 11.8. The minimum absolute atomic E-state index is 0.00268. The average Bonchev–Trinajstić information content (AvgIpc) is 2.60. The second kappa shape index (κ2) is 6.39. The van der Waals surface area contributed by atoms with Crippen molar-refractivity contribution in [1.82, 2.24) is 10.6 Å². The standard InChI is InChI=1S/C14H26N2O4/c1-14(2,3)4-12(17)15-5-11-13(18)10(8-20-11)16-9-6-19-7-9/h9-11,13,16,18H,4-8H2,1-3H3,(H,15,17)/t10-,11-,13+/m1/s1. The molecule has 3 N–H and O–H groups in total. The minimum Gasteiger partial charge on any atom is -0.389 e. The number of rotatable bonds is 5. The Balaban J connectivity index is 1.69. The van der Waals surface area contributed by atoms with Crippen LogP contribution in [0.5, 0.6) is 0 Å². The molecule has 2 aliphatic heterocycles. The van der Waals surface area contributed by atoms with Gasteiger partial charge < -0.3 is 25.2 Å². The Morgan fingerprint density at radius 2 is 2.00 bits per heavy atom. The maximum atomic E-state index is 11.8. The first-order chi connectivity index (χ1) is 9.35. The monoisotopic (exact) mass is 286 g/mol. The van der Waals surface area contributed by atoms with E-state index in [1.165, 1.54) is 0 Å². The van der Waals surface area contributed by atoms with Gasteiger partial charge in [0.05, 0.1) is 38.0 Å². The van der Waals surface area contributed by atoms with Gasteiger partial charge in [0.15, 0.2) is 0 Å². The average molecular weight is 286 g/mol. The molecule has 0 bridgehead atoms. The Hall–Kier alpha value is -0.690. The highest BCUT2D eigenvalue weighted by molar-refractivity contribution is 5.76. The van der Waals surface area contributed by atoms with E-state index in [9.17, 15) is 9.90 Å². The van der Waals surface area contributed by atoms with E-state index in [2.05, 4.69) is 10.6 Å². The van der Waals surface area contributed by atoms with Crippen molar-refractivity contribution in [3.05, 3.63) is 0 Å². The Morgan fingerprint density at radius 1 is 1.30 bits per heavy atom. The zero-order chi connectivity index (χ0) is 14.8. The summed E-state index contributed by atoms with van der Waals surface area (Å²) in [5.41, 5.74) is -0.0342. The predicted octanol–water partition coefficient (Wildman–Crippen LogP) is -0.344. The molecule has 0 unspecified atom stereocenters. The lowest BCUT2D eigenvalue weighted by Gasteiger charge is -2.31. The van der Waals surface area contributed by atoms with Crippen LogP contribution in [-0.2, 0) is 14.3 Å². The molecule has 6 heteroatoms. The van der Waals surface area contributed by atoms with Crippen LogP contribution in [0.15, 0.2) is 0 Å². The lowest BCUT2D eigenvalue weighted by Crippen LogP contribution is -2.54. The predicted molar refractivity (Wildman–Crippen MR) is 74.4 cm³/mol. The fraction of sp³-hybridized carbons (Fsp3) is 0.929. The number of hydrogen-bond acceptors (Lipinski definition) is 5. The molecular formula is C14H26N2O4. The summed E-state index contributed by atoms with van der Waals surface area (Å²) < 4.78 is 10.7. The molecule has 0 saturated carbocycles. The molecule has 0 aliphatic carbocycles. The maximum Gasteiger partial charge on any atom is 0.220 e. The molecule has 0 aromatic heterocycles. The van der Waals surface area contributed by atoms with Crippen molar-refractivity contribution in [2.24, 2.45) is 5.41 Å². The summed E-state index contributed by atoms with van der Waals surface area (Å²) in [5.74, 6) is -0.00268. The Bertz CT molecular complexity index is 339. The van der Waals surface area contributed by atoms with E-state index in [1.54, 1.807) is 0 Å². The fourth-order valence-electron chi connectivity index (χ4n) is 2.40. The van der Waals surface area contributed by atoms with E-state index >= 15 is 0 Å². The molecule has 116 valence electrons. The van der Waals surface area contributed by atoms with Gasteiger partial charge in [-0.3, -0.25) is 4.79 Å². The summed E-state index contributed by atoms with van der Waals surface area (Å²) in [6.07, 6.45) is -0.459. The first kappa shape index (κ1) is 15.7. The number of hydrogen-bond donors (Lipinski definition) is 3. The summed E-state index contributed by atoms with van der Waals surface area (Å²) >= 11 is 0. The number of amides is 1. The third-order valence-electron chi connectivity index (χ3n) is 3.56. The summed E-state index contributed by atoms with van der Waals surface area (Å²) in [6, 6.07) is 0.237. The van der Waals surface area contributed by atoms with Gasteiger partial charge in [-0.15, -0.1) is 0 Å². The van der Waals surface area contributed by atoms with Gasteiger partial charge in [0.1, 0.15) is 6.10 Å². The molecule has 2 rings (SSSR count). The summed E-state index contributed by atoms with van der Waals surface area (Å²) in [7, 11) is 0. The van der Waals surface area contributed by atoms with Crippen LogP contribution in [0.2, 0.25) is 0 Å². The number of aliphatic hydroxyl groups excluding tert-OH is 1. The van der Waals surface area contributed by atoms with Crippen molar-refractivity contribution >= 4 is 5.91 Å². The van der Waals surface area contributed by atoms with E-state index in [0.29, 0.717) is 38.8 Å². The third-order valence-corrected chi connectivity index (χ3v) is 3.56. The summed E-state index contributed by atoms with van der Waals surface area (Å²) in [4.78, 5) is 11.8. The zero-order valence-corrected chi connectivity index (χ0v) is 12.5. The lowest BCUT2D eigenvalue weighted by atomic mass is 9.92. The van der Waals surface area contributed by atoms with Crippen LogP contribution in [0.25, 0.3) is 0 Å². The van der Waals surface area contributed by atoms with E-state index in [1.807, 2.05) is 20.8 Å². The van der Waals surface area contributed by atoms with Crippen LogP contribution in [0, 0.1) is 5.41 Å². The molecule has 0 radical (unpaired) electrons. The van der Waals surface area contributed by atoms with E-state index in [0.717, 1.165) is 0 Å². The van der Waals surface area contributed by atoms with Gasteiger partial charge in [0, 0.05) is 13.0 Å². The van der Waals surface area contributed by atoms with Gasteiger partial charge in [-0.05, 0) is 5.41 Å². The summed E-state index contributed by atoms with van der Waals surface area (Å²) in [5, 5.41) is 16.3. The molecule has 0 spiro atoms. The Kier molecular flexibility index (Phi) is 5.01. The molecule has 3 atom stereocenters. The highest BCUT2D eigenvalue weighted by Crippen LogP contribution is 2.19. The van der Waals surface area contributed by atoms with Gasteiger partial charge in [0.25, 0.3) is 0 Å². The SMILES string of the molecule is CC(C)(C)CC(=O)NC[C@H]1OC[C@@H](NC2COC2)[C@@H]1O. The van der Waals surface area contributed by atoms with E-state index in [-0.39, 0.29) is 23.5 Å². The van der Waals surface area contributed by atoms with Gasteiger partial charge in [-0.2, -0.15) is 0 Å². The van der Waals surface area contributed by atoms with Crippen LogP contribution >= 0.6 is 0 Å². The van der Waals surface area contributed by atoms with Crippen LogP contribution in [0.1, 0.15) is 27.2 Å². The van der Waals surface area contributed by atoms with Crippen molar-refractivity contribution in [2.45, 2.75) is 51.5 Å². The molecule has 2 saturated heterocycles. The zero-order valence-electron chi connectivity index (χ0n) is 12.5. The fourth-order valence-corrected chi connectivity index (χ4v) is 2.40. The number of carbonyl (C=O) groups excluding carboxylic acids is 1. The van der Waals surface area contributed by atoms with Crippen LogP contribution < -0.4 is 10.6 Å². The first-order valence-electron chi connectivity index (χ1n) is 7.25. The quantitative estimate of drug-likeness (QED) is 0.644. The number of ether oxygens (including phenoxy) is 2. The summed E-state index contributed by atoms with van der Waals surface area (Å²) in [6.45, 7) is 8.27. The van der Waals surface area contributed by atoms with E-state index in [4.69, 9.17) is 9.47 Å². The topological polar surface area (TPSA) is 79.8 Å². The van der Waals surface area contributed by atoms with Crippen molar-refractivity contribution in [3.8, 4) is 0 Å². The number of aliphatic hydroxyl groups is 1. The van der Waals surface area contributed by atoms with Crippen LogP contribution in [0.4, 0.5) is 0 Å². The van der Waals surface area contributed by atoms with Gasteiger partial charge >= 0.3 is 0 Å². The Labute approximate surface area is 120 Å². The molecule has 0 aromatic carbocycles.